The summed E-state index contributed by atoms with van der Waals surface area (Å²) in [5.74, 6) is 1.07. The van der Waals surface area contributed by atoms with Crippen LogP contribution in [0.1, 0.15) is 43.7 Å². The van der Waals surface area contributed by atoms with Crippen LogP contribution in [0.2, 0.25) is 0 Å². The fourth-order valence-corrected chi connectivity index (χ4v) is 5.16. The van der Waals surface area contributed by atoms with Crippen molar-refractivity contribution in [3.8, 4) is 11.8 Å². The summed E-state index contributed by atoms with van der Waals surface area (Å²) in [7, 11) is 1.67. The van der Waals surface area contributed by atoms with Gasteiger partial charge in [-0.05, 0) is 61.8 Å². The van der Waals surface area contributed by atoms with Gasteiger partial charge in [0.15, 0.2) is 0 Å². The molecule has 4 nitrogen and oxygen atoms in total. The average molecular weight is 311 g/mol. The Bertz CT molecular complexity index is 722. The molecule has 0 aromatic heterocycles. The highest BCUT2D eigenvalue weighted by atomic mass is 16.6. The molecule has 3 fully saturated rings. The van der Waals surface area contributed by atoms with Gasteiger partial charge in [0.2, 0.25) is 0 Å². The number of hydrogen-bond donors (Lipinski definition) is 0. The Hall–Kier alpha value is -2.02. The van der Waals surface area contributed by atoms with Crippen LogP contribution in [-0.2, 0) is 21.6 Å². The molecule has 2 aliphatic carbocycles. The van der Waals surface area contributed by atoms with Gasteiger partial charge >= 0.3 is 5.97 Å². The van der Waals surface area contributed by atoms with E-state index >= 15 is 0 Å². The minimum absolute atomic E-state index is 0.0951. The lowest BCUT2D eigenvalue weighted by atomic mass is 9.49. The Morgan fingerprint density at radius 3 is 2.96 bits per heavy atom. The van der Waals surface area contributed by atoms with Crippen LogP contribution >= 0.6 is 0 Å². The molecule has 5 rings (SSSR count). The summed E-state index contributed by atoms with van der Waals surface area (Å²) in [5.41, 5.74) is 1.32. The first-order valence-corrected chi connectivity index (χ1v) is 8.33. The number of nitrogens with zero attached hydrogens (tertiary/aromatic N) is 1. The van der Waals surface area contributed by atoms with Gasteiger partial charge in [-0.25, -0.2) is 0 Å². The van der Waals surface area contributed by atoms with Crippen molar-refractivity contribution in [1.82, 2.24) is 0 Å². The Morgan fingerprint density at radius 2 is 2.26 bits per heavy atom. The molecule has 23 heavy (non-hydrogen) atoms. The van der Waals surface area contributed by atoms with Crippen LogP contribution in [0.5, 0.6) is 5.75 Å². The maximum Gasteiger partial charge on any atom is 0.313 e. The lowest BCUT2D eigenvalue weighted by Gasteiger charge is -2.61. The number of ether oxygens (including phenoxy) is 2. The topological polar surface area (TPSA) is 59.3 Å². The molecule has 0 amide bonds. The van der Waals surface area contributed by atoms with E-state index in [1.54, 1.807) is 7.11 Å². The molecule has 4 aliphatic rings. The van der Waals surface area contributed by atoms with E-state index in [2.05, 4.69) is 18.2 Å². The molecule has 2 aliphatic heterocycles. The summed E-state index contributed by atoms with van der Waals surface area (Å²) in [5, 5.41) is 9.28. The predicted octanol–water partition coefficient (Wildman–Crippen LogP) is 3.34. The van der Waals surface area contributed by atoms with Crippen LogP contribution in [-0.4, -0.2) is 13.1 Å². The van der Waals surface area contributed by atoms with Gasteiger partial charge < -0.3 is 9.47 Å². The largest absolute Gasteiger partial charge is 0.497 e. The zero-order valence-corrected chi connectivity index (χ0v) is 13.6. The highest BCUT2D eigenvalue weighted by molar-refractivity contribution is 5.80. The summed E-state index contributed by atoms with van der Waals surface area (Å²) in [4.78, 5) is 12.7. The van der Waals surface area contributed by atoms with Crippen molar-refractivity contribution in [3.05, 3.63) is 29.3 Å². The minimum atomic E-state index is -0.532. The molecule has 1 saturated carbocycles. The first kappa shape index (κ1) is 14.6. The number of methoxy groups -OCH3 is 1. The maximum absolute atomic E-state index is 12.7. The third-order valence-corrected chi connectivity index (χ3v) is 6.46. The molecule has 1 spiro atoms. The van der Waals surface area contributed by atoms with Crippen molar-refractivity contribution in [2.75, 3.05) is 7.11 Å². The first-order chi connectivity index (χ1) is 11.0. The van der Waals surface area contributed by atoms with Crippen molar-refractivity contribution in [3.63, 3.8) is 0 Å². The van der Waals surface area contributed by atoms with Crippen LogP contribution in [0.25, 0.3) is 0 Å². The fourth-order valence-electron chi connectivity index (χ4n) is 5.16. The normalized spacial score (nSPS) is 37.3. The Labute approximate surface area is 136 Å². The molecule has 1 aromatic rings. The number of esters is 1. The van der Waals surface area contributed by atoms with Gasteiger partial charge in [-0.2, -0.15) is 5.26 Å². The molecular weight excluding hydrogens is 290 g/mol. The molecule has 1 aromatic carbocycles. The van der Waals surface area contributed by atoms with Crippen molar-refractivity contribution >= 4 is 5.97 Å². The SMILES string of the molecule is COc1ccc2c(c1)CCC1C(CC#N)C3(C)CCC21OC3=O. The average Bonchev–Trinajstić information content (AvgIpc) is 2.56. The van der Waals surface area contributed by atoms with Gasteiger partial charge in [0, 0.05) is 12.3 Å². The predicted molar refractivity (Wildman–Crippen MR) is 83.6 cm³/mol. The third kappa shape index (κ3) is 1.74. The summed E-state index contributed by atoms with van der Waals surface area (Å²) in [6, 6.07) is 8.39. The van der Waals surface area contributed by atoms with Crippen molar-refractivity contribution in [2.45, 2.75) is 44.6 Å². The molecule has 0 N–H and O–H groups in total. The lowest BCUT2D eigenvalue weighted by Crippen LogP contribution is -2.63. The van der Waals surface area contributed by atoms with E-state index in [-0.39, 0.29) is 17.8 Å². The van der Waals surface area contributed by atoms with E-state index in [4.69, 9.17) is 9.47 Å². The van der Waals surface area contributed by atoms with E-state index in [0.717, 1.165) is 37.0 Å². The lowest BCUT2D eigenvalue weighted by molar-refractivity contribution is -0.240. The van der Waals surface area contributed by atoms with Crippen LogP contribution < -0.4 is 4.74 Å². The molecule has 2 bridgehead atoms. The van der Waals surface area contributed by atoms with Gasteiger partial charge in [0.1, 0.15) is 11.4 Å². The Morgan fingerprint density at radius 1 is 1.43 bits per heavy atom. The second-order valence-corrected chi connectivity index (χ2v) is 7.33. The van der Waals surface area contributed by atoms with E-state index in [1.165, 1.54) is 5.56 Å². The van der Waals surface area contributed by atoms with Gasteiger partial charge in [-0.15, -0.1) is 0 Å². The van der Waals surface area contributed by atoms with E-state index in [9.17, 15) is 10.1 Å². The summed E-state index contributed by atoms with van der Waals surface area (Å²) >= 11 is 0. The van der Waals surface area contributed by atoms with Gasteiger partial charge in [0.05, 0.1) is 18.6 Å². The molecule has 120 valence electrons. The van der Waals surface area contributed by atoms with Crippen molar-refractivity contribution < 1.29 is 14.3 Å². The fraction of sp³-hybridized carbons (Fsp3) is 0.579. The number of rotatable bonds is 2. The summed E-state index contributed by atoms with van der Waals surface area (Å²) < 4.78 is 11.4. The van der Waals surface area contributed by atoms with Crippen molar-refractivity contribution in [2.24, 2.45) is 17.3 Å². The highest BCUT2D eigenvalue weighted by Crippen LogP contribution is 2.64. The van der Waals surface area contributed by atoms with Crippen LogP contribution in [0, 0.1) is 28.6 Å². The smallest absolute Gasteiger partial charge is 0.313 e. The van der Waals surface area contributed by atoms with Gasteiger partial charge in [-0.3, -0.25) is 4.79 Å². The van der Waals surface area contributed by atoms with E-state index in [0.29, 0.717) is 6.42 Å². The third-order valence-electron chi connectivity index (χ3n) is 6.46. The summed E-state index contributed by atoms with van der Waals surface area (Å²) in [6.45, 7) is 1.99. The molecule has 2 heterocycles. The molecule has 0 radical (unpaired) electrons. The zero-order valence-electron chi connectivity index (χ0n) is 13.6. The molecule has 4 atom stereocenters. The zero-order chi connectivity index (χ0) is 16.2. The second-order valence-electron chi connectivity index (χ2n) is 7.33. The number of aryl methyl sites for hydroxylation is 1. The maximum atomic E-state index is 12.7. The number of hydrogen-bond acceptors (Lipinski definition) is 4. The number of benzene rings is 1. The number of nitriles is 1. The van der Waals surface area contributed by atoms with Crippen LogP contribution in [0.4, 0.5) is 0 Å². The summed E-state index contributed by atoms with van der Waals surface area (Å²) in [6.07, 6.45) is 4.02. The Kier molecular flexibility index (Phi) is 3.00. The molecule has 2 saturated heterocycles. The Balaban J connectivity index is 1.86. The monoisotopic (exact) mass is 311 g/mol. The van der Waals surface area contributed by atoms with E-state index in [1.807, 2.05) is 13.0 Å². The number of fused-ring (bicyclic) bond motifs is 3. The second kappa shape index (κ2) is 4.74. The van der Waals surface area contributed by atoms with Crippen molar-refractivity contribution in [1.29, 1.82) is 5.26 Å². The van der Waals surface area contributed by atoms with Crippen LogP contribution in [0.15, 0.2) is 18.2 Å². The van der Waals surface area contributed by atoms with Crippen LogP contribution in [0.3, 0.4) is 0 Å². The minimum Gasteiger partial charge on any atom is -0.497 e. The molecule has 4 unspecified atom stereocenters. The molecule has 4 heteroatoms. The number of carbonyl (C=O) groups excluding carboxylic acids is 1. The number of carbonyl (C=O) groups is 1. The first-order valence-electron chi connectivity index (χ1n) is 8.33. The van der Waals surface area contributed by atoms with Gasteiger partial charge in [0.25, 0.3) is 0 Å². The standard InChI is InChI=1S/C19H21NO3/c1-18-8-9-19(23-17(18)21)14-6-4-13(22-2)11-12(14)3-5-16(19)15(18)7-10-20/h4,6,11,15-16H,3,5,7-9H2,1-2H3. The van der Waals surface area contributed by atoms with E-state index < -0.39 is 11.0 Å². The van der Waals surface area contributed by atoms with Gasteiger partial charge in [-0.1, -0.05) is 6.07 Å². The molecular formula is C19H21NO3. The quantitative estimate of drug-likeness (QED) is 0.786. The highest BCUT2D eigenvalue weighted by Gasteiger charge is 2.66.